The third-order valence-electron chi connectivity index (χ3n) is 5.14. The summed E-state index contributed by atoms with van der Waals surface area (Å²) in [6.45, 7) is 2.93. The molecule has 1 aromatic carbocycles. The summed E-state index contributed by atoms with van der Waals surface area (Å²) in [6.07, 6.45) is 0.966. The first-order valence-electron chi connectivity index (χ1n) is 8.77. The fourth-order valence-electron chi connectivity index (χ4n) is 3.47. The predicted molar refractivity (Wildman–Crippen MR) is 102 cm³/mol. The molecule has 138 valence electrons. The average molecular weight is 375 g/mol. The summed E-state index contributed by atoms with van der Waals surface area (Å²) in [7, 11) is 0. The van der Waals surface area contributed by atoms with Gasteiger partial charge in [-0.25, -0.2) is 4.98 Å². The summed E-state index contributed by atoms with van der Waals surface area (Å²) in [5.41, 5.74) is 0.838. The van der Waals surface area contributed by atoms with Crippen molar-refractivity contribution in [2.24, 2.45) is 5.41 Å². The zero-order valence-corrected chi connectivity index (χ0v) is 15.5. The smallest absolute Gasteiger partial charge is 0.310 e. The van der Waals surface area contributed by atoms with Gasteiger partial charge in [-0.15, -0.1) is 0 Å². The molecule has 0 bridgehead atoms. The molecule has 1 fully saturated rings. The molecule has 2 heterocycles. The Morgan fingerprint density at radius 2 is 1.88 bits per heavy atom. The Bertz CT molecular complexity index is 769. The van der Waals surface area contributed by atoms with Crippen LogP contribution >= 0.6 is 11.6 Å². The maximum absolute atomic E-state index is 12.0. The molecule has 26 heavy (non-hydrogen) atoms. The molecule has 5 nitrogen and oxygen atoms in total. The van der Waals surface area contributed by atoms with Gasteiger partial charge in [0.05, 0.1) is 17.2 Å². The first-order valence-corrected chi connectivity index (χ1v) is 9.15. The number of aliphatic carboxylic acids is 1. The topological polar surface area (TPSA) is 73.7 Å². The van der Waals surface area contributed by atoms with E-state index in [1.165, 1.54) is 0 Å². The van der Waals surface area contributed by atoms with E-state index in [-0.39, 0.29) is 0 Å². The van der Waals surface area contributed by atoms with Gasteiger partial charge in [-0.2, -0.15) is 0 Å². The minimum Gasteiger partial charge on any atom is -0.481 e. The number of anilines is 1. The van der Waals surface area contributed by atoms with Crippen LogP contribution < -0.4 is 4.90 Å². The summed E-state index contributed by atoms with van der Waals surface area (Å²) in [5.74, 6) is 0.0340. The van der Waals surface area contributed by atoms with Crippen molar-refractivity contribution >= 4 is 23.4 Å². The molecule has 1 aliphatic heterocycles. The van der Waals surface area contributed by atoms with Gasteiger partial charge in [0.25, 0.3) is 0 Å². The Hall–Kier alpha value is -2.11. The Balaban J connectivity index is 1.74. The fourth-order valence-corrected chi connectivity index (χ4v) is 3.60. The van der Waals surface area contributed by atoms with E-state index in [0.717, 1.165) is 11.4 Å². The first kappa shape index (κ1) is 18.7. The van der Waals surface area contributed by atoms with E-state index in [2.05, 4.69) is 9.88 Å². The lowest BCUT2D eigenvalue weighted by Crippen LogP contribution is -2.46. The number of hydrogen-bond acceptors (Lipinski definition) is 4. The lowest BCUT2D eigenvalue weighted by atomic mass is 9.74. The van der Waals surface area contributed by atoms with E-state index in [1.807, 2.05) is 24.3 Å². The zero-order valence-electron chi connectivity index (χ0n) is 14.7. The van der Waals surface area contributed by atoms with Crippen LogP contribution in [-0.2, 0) is 11.2 Å². The van der Waals surface area contributed by atoms with Crippen molar-refractivity contribution in [3.8, 4) is 0 Å². The number of carbonyl (C=O) groups is 1. The second-order valence-electron chi connectivity index (χ2n) is 6.97. The van der Waals surface area contributed by atoms with Gasteiger partial charge in [-0.3, -0.25) is 4.79 Å². The van der Waals surface area contributed by atoms with E-state index in [9.17, 15) is 15.0 Å². The average Bonchev–Trinajstić information content (AvgIpc) is 2.64. The highest BCUT2D eigenvalue weighted by Crippen LogP contribution is 2.37. The van der Waals surface area contributed by atoms with Crippen LogP contribution in [0, 0.1) is 5.41 Å². The van der Waals surface area contributed by atoms with Gasteiger partial charge in [0, 0.05) is 18.1 Å². The van der Waals surface area contributed by atoms with Gasteiger partial charge < -0.3 is 15.1 Å². The molecule has 1 unspecified atom stereocenters. The van der Waals surface area contributed by atoms with Crippen molar-refractivity contribution in [1.29, 1.82) is 0 Å². The largest absolute Gasteiger partial charge is 0.481 e. The van der Waals surface area contributed by atoms with Crippen LogP contribution in [0.25, 0.3) is 0 Å². The van der Waals surface area contributed by atoms with E-state index in [1.54, 1.807) is 25.1 Å². The van der Waals surface area contributed by atoms with Crippen LogP contribution in [0.15, 0.2) is 42.5 Å². The highest BCUT2D eigenvalue weighted by molar-refractivity contribution is 6.30. The number of pyridine rings is 1. The summed E-state index contributed by atoms with van der Waals surface area (Å²) in [4.78, 5) is 18.6. The number of benzene rings is 1. The Morgan fingerprint density at radius 3 is 2.46 bits per heavy atom. The summed E-state index contributed by atoms with van der Waals surface area (Å²) in [6, 6.07) is 13.0. The van der Waals surface area contributed by atoms with Gasteiger partial charge in [-0.05, 0) is 56.0 Å². The Labute approximate surface area is 158 Å². The van der Waals surface area contributed by atoms with E-state index < -0.39 is 17.5 Å². The molecule has 1 atom stereocenters. The minimum atomic E-state index is -0.772. The highest BCUT2D eigenvalue weighted by atomic mass is 35.5. The number of rotatable bonds is 5. The molecule has 0 radical (unpaired) electrons. The van der Waals surface area contributed by atoms with Gasteiger partial charge in [-0.1, -0.05) is 29.8 Å². The van der Waals surface area contributed by atoms with Crippen LogP contribution in [0.2, 0.25) is 5.02 Å². The zero-order chi connectivity index (χ0) is 18.7. The molecular weight excluding hydrogens is 352 g/mol. The molecule has 6 heteroatoms. The second-order valence-corrected chi connectivity index (χ2v) is 7.41. The third-order valence-corrected chi connectivity index (χ3v) is 5.39. The van der Waals surface area contributed by atoms with Crippen molar-refractivity contribution in [3.05, 3.63) is 58.7 Å². The second kappa shape index (κ2) is 7.64. The van der Waals surface area contributed by atoms with Crippen LogP contribution in [-0.4, -0.2) is 34.3 Å². The van der Waals surface area contributed by atoms with Crippen molar-refractivity contribution in [2.75, 3.05) is 18.0 Å². The molecule has 0 saturated carbocycles. The molecular formula is C20H23ClN2O3. The van der Waals surface area contributed by atoms with Crippen LogP contribution in [0.4, 0.5) is 5.82 Å². The predicted octanol–water partition coefficient (Wildman–Crippen LogP) is 3.70. The van der Waals surface area contributed by atoms with E-state index >= 15 is 0 Å². The van der Waals surface area contributed by atoms with Crippen molar-refractivity contribution in [1.82, 2.24) is 4.98 Å². The number of aromatic nitrogens is 1. The third kappa shape index (κ3) is 4.00. The number of hydrogen-bond donors (Lipinski definition) is 2. The number of piperidine rings is 1. The number of carboxylic acids is 1. The molecule has 2 aromatic rings. The van der Waals surface area contributed by atoms with E-state index in [0.29, 0.717) is 43.1 Å². The highest BCUT2D eigenvalue weighted by Gasteiger charge is 2.41. The Kier molecular flexibility index (Phi) is 5.49. The van der Waals surface area contributed by atoms with Gasteiger partial charge in [0.1, 0.15) is 5.82 Å². The molecule has 2 N–H and O–H groups in total. The van der Waals surface area contributed by atoms with Crippen LogP contribution in [0.5, 0.6) is 0 Å². The summed E-state index contributed by atoms with van der Waals surface area (Å²) in [5, 5.41) is 20.3. The molecule has 1 saturated heterocycles. The van der Waals surface area contributed by atoms with Crippen molar-refractivity contribution in [3.63, 3.8) is 0 Å². The van der Waals surface area contributed by atoms with Crippen LogP contribution in [0.3, 0.4) is 0 Å². The van der Waals surface area contributed by atoms with Crippen molar-refractivity contribution in [2.45, 2.75) is 32.3 Å². The SMILES string of the molecule is CC(O)c1cccc(N2CCC(Cc3ccc(Cl)cc3)(C(=O)O)CC2)n1. The van der Waals surface area contributed by atoms with Crippen LogP contribution in [0.1, 0.15) is 37.1 Å². The minimum absolute atomic E-state index is 0.495. The number of halogens is 1. The number of aliphatic hydroxyl groups is 1. The number of carboxylic acid groups (broad SMARTS) is 1. The lowest BCUT2D eigenvalue weighted by molar-refractivity contribution is -0.150. The maximum Gasteiger partial charge on any atom is 0.310 e. The molecule has 0 aliphatic carbocycles. The van der Waals surface area contributed by atoms with Gasteiger partial charge in [0.15, 0.2) is 0 Å². The standard InChI is InChI=1S/C20H23ClN2O3/c1-14(24)17-3-2-4-18(22-17)23-11-9-20(10-12-23,19(25)26)13-15-5-7-16(21)8-6-15/h2-8,14,24H,9-13H2,1H3,(H,25,26). The first-order chi connectivity index (χ1) is 12.4. The fraction of sp³-hybridized carbons (Fsp3) is 0.400. The summed E-state index contributed by atoms with van der Waals surface area (Å²) < 4.78 is 0. The molecule has 0 spiro atoms. The molecule has 1 aromatic heterocycles. The van der Waals surface area contributed by atoms with Gasteiger partial charge >= 0.3 is 5.97 Å². The maximum atomic E-state index is 12.0. The summed E-state index contributed by atoms with van der Waals surface area (Å²) >= 11 is 5.93. The normalized spacial score (nSPS) is 17.7. The van der Waals surface area contributed by atoms with Crippen molar-refractivity contribution < 1.29 is 15.0 Å². The number of aliphatic hydroxyl groups excluding tert-OH is 1. The number of nitrogens with zero attached hydrogens (tertiary/aromatic N) is 2. The van der Waals surface area contributed by atoms with Gasteiger partial charge in [0.2, 0.25) is 0 Å². The monoisotopic (exact) mass is 374 g/mol. The Morgan fingerprint density at radius 1 is 1.23 bits per heavy atom. The lowest BCUT2D eigenvalue weighted by Gasteiger charge is -2.39. The molecule has 3 rings (SSSR count). The van der Waals surface area contributed by atoms with E-state index in [4.69, 9.17) is 11.6 Å². The quantitative estimate of drug-likeness (QED) is 0.834. The molecule has 1 aliphatic rings. The molecule has 0 amide bonds.